The maximum absolute atomic E-state index is 12.0. The topological polar surface area (TPSA) is 9.23 Å². The van der Waals surface area contributed by atoms with Crippen molar-refractivity contribution in [1.29, 1.82) is 0 Å². The van der Waals surface area contributed by atoms with Crippen LogP contribution in [0.3, 0.4) is 0 Å². The molecule has 0 amide bonds. The van der Waals surface area contributed by atoms with Crippen molar-refractivity contribution in [3.05, 3.63) is 54.1 Å². The van der Waals surface area contributed by atoms with Crippen LogP contribution in [0.15, 0.2) is 48.5 Å². The van der Waals surface area contributed by atoms with Crippen molar-refractivity contribution in [2.24, 2.45) is 0 Å². The number of hydrogen-bond acceptors (Lipinski definition) is 2. The minimum atomic E-state index is -4.66. The molecule has 0 fully saturated rings. The lowest BCUT2D eigenvalue weighted by molar-refractivity contribution is -0.274. The molecule has 0 atom stereocenters. The average molecular weight is 284 g/mol. The van der Waals surface area contributed by atoms with Crippen LogP contribution in [-0.2, 0) is 5.75 Å². The summed E-state index contributed by atoms with van der Waals surface area (Å²) in [4.78, 5) is 0. The molecule has 2 aromatic carbocycles. The molecule has 0 radical (unpaired) electrons. The van der Waals surface area contributed by atoms with Gasteiger partial charge in [-0.1, -0.05) is 36.4 Å². The van der Waals surface area contributed by atoms with Gasteiger partial charge in [0.05, 0.1) is 0 Å². The first-order valence-electron chi connectivity index (χ1n) is 5.54. The van der Waals surface area contributed by atoms with Gasteiger partial charge in [-0.2, -0.15) is 12.6 Å². The van der Waals surface area contributed by atoms with E-state index in [2.05, 4.69) is 17.4 Å². The Labute approximate surface area is 114 Å². The third-order valence-corrected chi connectivity index (χ3v) is 2.92. The van der Waals surface area contributed by atoms with Crippen molar-refractivity contribution in [2.45, 2.75) is 12.1 Å². The summed E-state index contributed by atoms with van der Waals surface area (Å²) in [7, 11) is 0. The molecule has 0 aliphatic carbocycles. The summed E-state index contributed by atoms with van der Waals surface area (Å²) in [6.07, 6.45) is -4.66. The molecular weight excluding hydrogens is 273 g/mol. The summed E-state index contributed by atoms with van der Waals surface area (Å²) in [5.74, 6) is 0.432. The van der Waals surface area contributed by atoms with Crippen molar-refractivity contribution in [3.63, 3.8) is 0 Å². The van der Waals surface area contributed by atoms with Gasteiger partial charge in [0.2, 0.25) is 0 Å². The SMILES string of the molecule is FC(F)(F)Oc1ccc(-c2ccc(CS)cc2)cc1. The number of rotatable bonds is 3. The summed E-state index contributed by atoms with van der Waals surface area (Å²) >= 11 is 4.16. The van der Waals surface area contributed by atoms with E-state index in [0.29, 0.717) is 5.75 Å². The second-order valence-corrected chi connectivity index (χ2v) is 4.24. The van der Waals surface area contributed by atoms with Gasteiger partial charge in [0.1, 0.15) is 5.75 Å². The molecule has 0 unspecified atom stereocenters. The fourth-order valence-electron chi connectivity index (χ4n) is 1.65. The number of ether oxygens (including phenoxy) is 1. The Morgan fingerprint density at radius 1 is 0.842 bits per heavy atom. The monoisotopic (exact) mass is 284 g/mol. The molecule has 0 spiro atoms. The van der Waals surface area contributed by atoms with Gasteiger partial charge in [0.15, 0.2) is 0 Å². The first-order valence-corrected chi connectivity index (χ1v) is 6.17. The van der Waals surface area contributed by atoms with Crippen LogP contribution in [0, 0.1) is 0 Å². The molecule has 0 N–H and O–H groups in total. The van der Waals surface area contributed by atoms with E-state index in [-0.39, 0.29) is 5.75 Å². The number of halogens is 3. The zero-order valence-electron chi connectivity index (χ0n) is 9.82. The van der Waals surface area contributed by atoms with Crippen LogP contribution in [0.25, 0.3) is 11.1 Å². The molecule has 2 aromatic rings. The highest BCUT2D eigenvalue weighted by atomic mass is 32.1. The molecule has 100 valence electrons. The Bertz CT molecular complexity index is 532. The van der Waals surface area contributed by atoms with Crippen LogP contribution < -0.4 is 4.74 Å². The van der Waals surface area contributed by atoms with Gasteiger partial charge in [-0.15, -0.1) is 13.2 Å². The lowest BCUT2D eigenvalue weighted by Gasteiger charge is -2.09. The molecule has 5 heteroatoms. The summed E-state index contributed by atoms with van der Waals surface area (Å²) in [6, 6.07) is 13.5. The van der Waals surface area contributed by atoms with Crippen LogP contribution in [0.1, 0.15) is 5.56 Å². The fraction of sp³-hybridized carbons (Fsp3) is 0.143. The van der Waals surface area contributed by atoms with Crippen LogP contribution in [0.4, 0.5) is 13.2 Å². The number of hydrogen-bond donors (Lipinski definition) is 1. The van der Waals surface area contributed by atoms with Crippen molar-refractivity contribution in [2.75, 3.05) is 0 Å². The molecule has 1 nitrogen and oxygen atoms in total. The van der Waals surface area contributed by atoms with Crippen molar-refractivity contribution in [3.8, 4) is 16.9 Å². The molecular formula is C14H11F3OS. The van der Waals surface area contributed by atoms with Crippen LogP contribution in [-0.4, -0.2) is 6.36 Å². The molecule has 0 aliphatic rings. The van der Waals surface area contributed by atoms with E-state index in [1.165, 1.54) is 12.1 Å². The van der Waals surface area contributed by atoms with Crippen LogP contribution >= 0.6 is 12.6 Å². The van der Waals surface area contributed by atoms with E-state index >= 15 is 0 Å². The third-order valence-electron chi connectivity index (χ3n) is 2.56. The third kappa shape index (κ3) is 3.92. The van der Waals surface area contributed by atoms with Gasteiger partial charge in [0, 0.05) is 5.75 Å². The Morgan fingerprint density at radius 3 is 1.74 bits per heavy atom. The molecule has 0 aliphatic heterocycles. The van der Waals surface area contributed by atoms with Gasteiger partial charge in [-0.25, -0.2) is 0 Å². The number of thiol groups is 1. The fourth-order valence-corrected chi connectivity index (χ4v) is 1.86. The van der Waals surface area contributed by atoms with Crippen molar-refractivity contribution < 1.29 is 17.9 Å². The van der Waals surface area contributed by atoms with E-state index in [9.17, 15) is 13.2 Å². The van der Waals surface area contributed by atoms with E-state index in [4.69, 9.17) is 0 Å². The zero-order chi connectivity index (χ0) is 13.9. The second kappa shape index (κ2) is 5.57. The smallest absolute Gasteiger partial charge is 0.406 e. The highest BCUT2D eigenvalue weighted by Crippen LogP contribution is 2.26. The summed E-state index contributed by atoms with van der Waals surface area (Å²) in [5.41, 5.74) is 2.86. The van der Waals surface area contributed by atoms with Crippen LogP contribution in [0.2, 0.25) is 0 Å². The summed E-state index contributed by atoms with van der Waals surface area (Å²) in [5, 5.41) is 0. The Morgan fingerprint density at radius 2 is 1.32 bits per heavy atom. The van der Waals surface area contributed by atoms with E-state index in [1.54, 1.807) is 12.1 Å². The van der Waals surface area contributed by atoms with E-state index in [0.717, 1.165) is 16.7 Å². The number of benzene rings is 2. The molecule has 19 heavy (non-hydrogen) atoms. The Balaban J connectivity index is 2.17. The Hall–Kier alpha value is -1.62. The highest BCUT2D eigenvalue weighted by Gasteiger charge is 2.30. The van der Waals surface area contributed by atoms with Crippen LogP contribution in [0.5, 0.6) is 5.75 Å². The molecule has 0 heterocycles. The van der Waals surface area contributed by atoms with Gasteiger partial charge in [0.25, 0.3) is 0 Å². The maximum Gasteiger partial charge on any atom is 0.573 e. The van der Waals surface area contributed by atoms with Gasteiger partial charge in [-0.3, -0.25) is 0 Å². The van der Waals surface area contributed by atoms with Gasteiger partial charge >= 0.3 is 6.36 Å². The minimum absolute atomic E-state index is 0.219. The van der Waals surface area contributed by atoms with E-state index in [1.807, 2.05) is 24.3 Å². The molecule has 0 bridgehead atoms. The predicted molar refractivity (Wildman–Crippen MR) is 71.3 cm³/mol. The Kier molecular flexibility index (Phi) is 4.04. The average Bonchev–Trinajstić information content (AvgIpc) is 2.38. The number of alkyl halides is 3. The maximum atomic E-state index is 12.0. The van der Waals surface area contributed by atoms with Gasteiger partial charge in [-0.05, 0) is 28.8 Å². The highest BCUT2D eigenvalue weighted by molar-refractivity contribution is 7.79. The van der Waals surface area contributed by atoms with Crippen molar-refractivity contribution in [1.82, 2.24) is 0 Å². The first-order chi connectivity index (χ1) is 8.98. The largest absolute Gasteiger partial charge is 0.573 e. The zero-order valence-corrected chi connectivity index (χ0v) is 10.7. The van der Waals surface area contributed by atoms with E-state index < -0.39 is 6.36 Å². The summed E-state index contributed by atoms with van der Waals surface area (Å²) < 4.78 is 39.9. The molecule has 2 rings (SSSR count). The molecule has 0 saturated carbocycles. The molecule has 0 aromatic heterocycles. The standard InChI is InChI=1S/C14H11F3OS/c15-14(16,17)18-13-7-5-12(6-8-13)11-3-1-10(9-19)2-4-11/h1-8,19H,9H2. The predicted octanol–water partition coefficient (Wildman–Crippen LogP) is 4.68. The lowest BCUT2D eigenvalue weighted by Crippen LogP contribution is -2.16. The molecule has 0 saturated heterocycles. The van der Waals surface area contributed by atoms with Crippen molar-refractivity contribution >= 4 is 12.6 Å². The lowest BCUT2D eigenvalue weighted by atomic mass is 10.0. The quantitative estimate of drug-likeness (QED) is 0.805. The minimum Gasteiger partial charge on any atom is -0.406 e. The first kappa shape index (κ1) is 13.8. The van der Waals surface area contributed by atoms with Gasteiger partial charge < -0.3 is 4.74 Å². The second-order valence-electron chi connectivity index (χ2n) is 3.93. The normalized spacial score (nSPS) is 11.4. The summed E-state index contributed by atoms with van der Waals surface area (Å²) in [6.45, 7) is 0.